The van der Waals surface area contributed by atoms with Crippen LogP contribution in [0, 0.1) is 11.4 Å². The maximum absolute atomic E-state index is 14.9. The Balaban J connectivity index is 1.28. The van der Waals surface area contributed by atoms with Crippen LogP contribution in [0.15, 0.2) is 53.9 Å². The molecule has 0 radical (unpaired) electrons. The van der Waals surface area contributed by atoms with Gasteiger partial charge in [0.25, 0.3) is 0 Å². The molecule has 1 saturated heterocycles. The second-order valence-corrected chi connectivity index (χ2v) is 9.34. The van der Waals surface area contributed by atoms with E-state index >= 15 is 0 Å². The SMILES string of the molecule is COc1ccc(CNc2ccc(Cc3c[nH]c4ncc(C(C=N)C=NC5CCNCC5)cc34)c(F)n2)cn1. The number of aromatic nitrogens is 4. The number of nitrogens with zero attached hydrogens (tertiary/aromatic N) is 4. The highest BCUT2D eigenvalue weighted by Gasteiger charge is 2.15. The molecule has 1 fully saturated rings. The van der Waals surface area contributed by atoms with Crippen molar-refractivity contribution in [1.29, 1.82) is 5.41 Å². The smallest absolute Gasteiger partial charge is 0.218 e. The summed E-state index contributed by atoms with van der Waals surface area (Å²) in [4.78, 5) is 20.7. The number of hydrogen-bond acceptors (Lipinski definition) is 8. The molecule has 1 unspecified atom stereocenters. The van der Waals surface area contributed by atoms with Gasteiger partial charge >= 0.3 is 0 Å². The van der Waals surface area contributed by atoms with Crippen LogP contribution in [0.3, 0.4) is 0 Å². The van der Waals surface area contributed by atoms with Gasteiger partial charge in [-0.05, 0) is 54.8 Å². The van der Waals surface area contributed by atoms with Gasteiger partial charge in [0, 0.05) is 61.0 Å². The third-order valence-electron chi connectivity index (χ3n) is 6.76. The van der Waals surface area contributed by atoms with E-state index in [1.165, 1.54) is 6.21 Å². The number of aliphatic imine (C=N–C) groups is 1. The molecule has 1 aliphatic heterocycles. The lowest BCUT2D eigenvalue weighted by Gasteiger charge is -2.19. The van der Waals surface area contributed by atoms with E-state index in [1.54, 1.807) is 37.7 Å². The van der Waals surface area contributed by atoms with Crippen molar-refractivity contribution in [3.8, 4) is 5.88 Å². The first-order chi connectivity index (χ1) is 18.6. The van der Waals surface area contributed by atoms with Gasteiger partial charge in [0.1, 0.15) is 11.5 Å². The van der Waals surface area contributed by atoms with Gasteiger partial charge in [0.15, 0.2) is 0 Å². The lowest BCUT2D eigenvalue weighted by molar-refractivity contribution is 0.397. The number of hydrogen-bond donors (Lipinski definition) is 4. The molecule has 38 heavy (non-hydrogen) atoms. The van der Waals surface area contributed by atoms with Gasteiger partial charge in [-0.1, -0.05) is 12.1 Å². The lowest BCUT2D eigenvalue weighted by atomic mass is 9.99. The number of anilines is 1. The molecule has 0 bridgehead atoms. The number of rotatable bonds is 10. The summed E-state index contributed by atoms with van der Waals surface area (Å²) in [5.41, 5.74) is 3.95. The van der Waals surface area contributed by atoms with Gasteiger partial charge in [-0.15, -0.1) is 0 Å². The zero-order chi connectivity index (χ0) is 26.3. The van der Waals surface area contributed by atoms with Crippen LogP contribution in [0.1, 0.15) is 41.0 Å². The van der Waals surface area contributed by atoms with E-state index in [0.717, 1.165) is 53.7 Å². The van der Waals surface area contributed by atoms with Gasteiger partial charge in [-0.25, -0.2) is 15.0 Å². The number of H-pyrrole nitrogens is 1. The summed E-state index contributed by atoms with van der Waals surface area (Å²) >= 11 is 0. The molecule has 0 spiro atoms. The van der Waals surface area contributed by atoms with Crippen molar-refractivity contribution in [3.05, 3.63) is 77.1 Å². The number of aromatic amines is 1. The molecule has 4 aromatic rings. The number of nitrogens with one attached hydrogen (secondary N) is 4. The molecule has 0 aliphatic carbocycles. The molecule has 0 aromatic carbocycles. The first-order valence-corrected chi connectivity index (χ1v) is 12.7. The molecule has 9 nitrogen and oxygen atoms in total. The van der Waals surface area contributed by atoms with Crippen molar-refractivity contribution in [2.24, 2.45) is 4.99 Å². The Hall–Kier alpha value is -4.18. The van der Waals surface area contributed by atoms with Crippen molar-refractivity contribution in [2.75, 3.05) is 25.5 Å². The Morgan fingerprint density at radius 3 is 2.79 bits per heavy atom. The molecule has 0 saturated carbocycles. The fraction of sp³-hybridized carbons (Fsp3) is 0.321. The van der Waals surface area contributed by atoms with E-state index < -0.39 is 5.95 Å². The maximum Gasteiger partial charge on any atom is 0.218 e. The van der Waals surface area contributed by atoms with Crippen LogP contribution in [-0.2, 0) is 13.0 Å². The van der Waals surface area contributed by atoms with Gasteiger partial charge in [-0.2, -0.15) is 4.39 Å². The van der Waals surface area contributed by atoms with Crippen LogP contribution in [-0.4, -0.2) is 58.6 Å². The predicted molar refractivity (Wildman–Crippen MR) is 147 cm³/mol. The Labute approximate surface area is 220 Å². The fourth-order valence-corrected chi connectivity index (χ4v) is 4.53. The van der Waals surface area contributed by atoms with Crippen LogP contribution < -0.4 is 15.4 Å². The fourth-order valence-electron chi connectivity index (χ4n) is 4.53. The van der Waals surface area contributed by atoms with Crippen molar-refractivity contribution < 1.29 is 9.13 Å². The summed E-state index contributed by atoms with van der Waals surface area (Å²) in [7, 11) is 1.57. The molecular weight excluding hydrogens is 483 g/mol. The molecule has 196 valence electrons. The van der Waals surface area contributed by atoms with E-state index in [4.69, 9.17) is 15.1 Å². The molecule has 5 heterocycles. The number of fused-ring (bicyclic) bond motifs is 1. The minimum absolute atomic E-state index is 0.255. The van der Waals surface area contributed by atoms with Crippen LogP contribution in [0.5, 0.6) is 5.88 Å². The van der Waals surface area contributed by atoms with Gasteiger partial charge in [0.05, 0.1) is 19.1 Å². The van der Waals surface area contributed by atoms with E-state index in [0.29, 0.717) is 36.3 Å². The highest BCUT2D eigenvalue weighted by Crippen LogP contribution is 2.25. The Morgan fingerprint density at radius 1 is 1.18 bits per heavy atom. The minimum Gasteiger partial charge on any atom is -0.481 e. The van der Waals surface area contributed by atoms with Crippen LogP contribution in [0.2, 0.25) is 0 Å². The average molecular weight is 515 g/mol. The summed E-state index contributed by atoms with van der Waals surface area (Å²) < 4.78 is 20.0. The molecule has 0 amide bonds. The number of piperidine rings is 1. The number of halogens is 1. The second kappa shape index (κ2) is 11.9. The molecule has 10 heteroatoms. The monoisotopic (exact) mass is 514 g/mol. The normalized spacial score (nSPS) is 15.1. The third-order valence-corrected chi connectivity index (χ3v) is 6.76. The summed E-state index contributed by atoms with van der Waals surface area (Å²) in [6.07, 6.45) is 11.0. The van der Waals surface area contributed by atoms with E-state index in [-0.39, 0.29) is 5.92 Å². The summed E-state index contributed by atoms with van der Waals surface area (Å²) in [5, 5.41) is 15.3. The molecular formula is C28H31FN8O. The maximum atomic E-state index is 14.9. The van der Waals surface area contributed by atoms with E-state index in [1.807, 2.05) is 24.5 Å². The highest BCUT2D eigenvalue weighted by molar-refractivity contribution is 5.91. The highest BCUT2D eigenvalue weighted by atomic mass is 19.1. The first kappa shape index (κ1) is 25.5. The molecule has 1 atom stereocenters. The second-order valence-electron chi connectivity index (χ2n) is 9.34. The van der Waals surface area contributed by atoms with Crippen molar-refractivity contribution in [3.63, 3.8) is 0 Å². The summed E-state index contributed by atoms with van der Waals surface area (Å²) in [5.74, 6) is 0.217. The number of ether oxygens (including phenoxy) is 1. The summed E-state index contributed by atoms with van der Waals surface area (Å²) in [6.45, 7) is 2.41. The van der Waals surface area contributed by atoms with Crippen LogP contribution in [0.4, 0.5) is 10.2 Å². The average Bonchev–Trinajstić information content (AvgIpc) is 3.36. The molecule has 5 rings (SSSR count). The van der Waals surface area contributed by atoms with Crippen LogP contribution >= 0.6 is 0 Å². The molecule has 4 N–H and O–H groups in total. The van der Waals surface area contributed by atoms with Crippen molar-refractivity contribution in [2.45, 2.75) is 37.8 Å². The minimum atomic E-state index is -0.521. The predicted octanol–water partition coefficient (Wildman–Crippen LogP) is 4.26. The quantitative estimate of drug-likeness (QED) is 0.185. The largest absolute Gasteiger partial charge is 0.481 e. The van der Waals surface area contributed by atoms with Gasteiger partial charge in [0.2, 0.25) is 11.8 Å². The van der Waals surface area contributed by atoms with Crippen molar-refractivity contribution >= 4 is 29.3 Å². The zero-order valence-corrected chi connectivity index (χ0v) is 21.2. The number of methoxy groups -OCH3 is 1. The first-order valence-electron chi connectivity index (χ1n) is 12.7. The van der Waals surface area contributed by atoms with E-state index in [2.05, 4.69) is 30.6 Å². The van der Waals surface area contributed by atoms with Crippen LogP contribution in [0.25, 0.3) is 11.0 Å². The van der Waals surface area contributed by atoms with Crippen molar-refractivity contribution in [1.82, 2.24) is 25.3 Å². The molecule has 1 aliphatic rings. The van der Waals surface area contributed by atoms with Gasteiger partial charge in [-0.3, -0.25) is 4.99 Å². The van der Waals surface area contributed by atoms with Gasteiger partial charge < -0.3 is 25.8 Å². The summed E-state index contributed by atoms with van der Waals surface area (Å²) in [6, 6.07) is 9.50. The van der Waals surface area contributed by atoms with E-state index in [9.17, 15) is 4.39 Å². The standard InChI is InChI=1S/C28H31FN8O/c1-38-26-5-2-18(14-34-26)13-33-25-4-3-19(27(29)37-25)10-21-16-36-28-24(21)11-20(15-35-28)22(12-30)17-32-23-6-8-31-9-7-23/h2-5,11-12,14-17,22-23,30-31H,6-10,13H2,1H3,(H,33,37)(H,35,36). The number of pyridine rings is 3. The zero-order valence-electron chi connectivity index (χ0n) is 21.2. The Kier molecular flexibility index (Phi) is 7.98. The topological polar surface area (TPSA) is 124 Å². The lowest BCUT2D eigenvalue weighted by Crippen LogP contribution is -2.30. The Bertz CT molecular complexity index is 1410. The third kappa shape index (κ3) is 6.03. The Morgan fingerprint density at radius 2 is 2.05 bits per heavy atom. The molecule has 4 aromatic heterocycles.